The summed E-state index contributed by atoms with van der Waals surface area (Å²) in [6.45, 7) is 1.25. The van der Waals surface area contributed by atoms with Crippen LogP contribution in [0.3, 0.4) is 0 Å². The van der Waals surface area contributed by atoms with Crippen molar-refractivity contribution in [2.45, 2.75) is 63.1 Å². The number of methoxy groups -OCH3 is 1. The van der Waals surface area contributed by atoms with Crippen molar-refractivity contribution in [1.29, 1.82) is 0 Å². The number of benzene rings is 1. The van der Waals surface area contributed by atoms with Gasteiger partial charge in [-0.3, -0.25) is 28.9 Å². The number of phenolic OH excluding ortho intramolecular Hbond substituents is 1. The van der Waals surface area contributed by atoms with E-state index in [4.69, 9.17) is 10.5 Å². The third-order valence-electron chi connectivity index (χ3n) is 9.77. The van der Waals surface area contributed by atoms with Gasteiger partial charge in [0.1, 0.15) is 11.5 Å². The maximum Gasteiger partial charge on any atom is 0.235 e. The first-order valence-electron chi connectivity index (χ1n) is 14.4. The summed E-state index contributed by atoms with van der Waals surface area (Å²) >= 11 is 0. The highest BCUT2D eigenvalue weighted by Crippen LogP contribution is 2.52. The van der Waals surface area contributed by atoms with Crippen LogP contribution < -0.4 is 15.8 Å². The van der Waals surface area contributed by atoms with Crippen molar-refractivity contribution in [2.24, 2.45) is 35.3 Å². The third-order valence-corrected chi connectivity index (χ3v) is 9.77. The van der Waals surface area contributed by atoms with Gasteiger partial charge in [0.2, 0.25) is 5.91 Å². The van der Waals surface area contributed by atoms with Gasteiger partial charge < -0.3 is 26.0 Å². The Kier molecular flexibility index (Phi) is 7.82. The SMILES string of the molecule is COc1c(CNCC2CCCCC2)cc(O)c2c1C[C@H]1C[C@H]3[C@H](N(C)C)C(=O)C(C(N)=O)C(=O)[C@@]3(O)C(=O)C1C2=O. The zero-order chi connectivity index (χ0) is 29.8. The van der Waals surface area contributed by atoms with Crippen LogP contribution in [0.25, 0.3) is 0 Å². The molecule has 3 saturated carbocycles. The predicted molar refractivity (Wildman–Crippen MR) is 146 cm³/mol. The van der Waals surface area contributed by atoms with Crippen molar-refractivity contribution in [2.75, 3.05) is 27.7 Å². The number of fused-ring (bicyclic) bond motifs is 3. The molecule has 0 heterocycles. The first-order chi connectivity index (χ1) is 19.4. The molecule has 5 N–H and O–H groups in total. The Morgan fingerprint density at radius 3 is 2.44 bits per heavy atom. The summed E-state index contributed by atoms with van der Waals surface area (Å²) < 4.78 is 5.75. The lowest BCUT2D eigenvalue weighted by atomic mass is 9.52. The van der Waals surface area contributed by atoms with Crippen LogP contribution >= 0.6 is 0 Å². The van der Waals surface area contributed by atoms with Gasteiger partial charge in [0.15, 0.2) is 34.7 Å². The van der Waals surface area contributed by atoms with Crippen LogP contribution in [0.4, 0.5) is 0 Å². The van der Waals surface area contributed by atoms with E-state index in [0.29, 0.717) is 29.3 Å². The number of nitrogens with zero attached hydrogens (tertiary/aromatic N) is 1. The molecule has 1 amide bonds. The average molecular weight is 570 g/mol. The van der Waals surface area contributed by atoms with E-state index < -0.39 is 64.4 Å². The minimum absolute atomic E-state index is 0.00201. The van der Waals surface area contributed by atoms with E-state index in [1.807, 2.05) is 0 Å². The summed E-state index contributed by atoms with van der Waals surface area (Å²) in [5.41, 5.74) is 3.71. The van der Waals surface area contributed by atoms with Crippen molar-refractivity contribution in [3.63, 3.8) is 0 Å². The number of ether oxygens (including phenoxy) is 1. The Bertz CT molecular complexity index is 1300. The van der Waals surface area contributed by atoms with Crippen molar-refractivity contribution < 1.29 is 38.9 Å². The largest absolute Gasteiger partial charge is 0.507 e. The molecule has 0 spiro atoms. The zero-order valence-corrected chi connectivity index (χ0v) is 23.8. The molecule has 5 rings (SSSR count). The first kappa shape index (κ1) is 29.3. The van der Waals surface area contributed by atoms with Crippen LogP contribution in [0, 0.1) is 29.6 Å². The second-order valence-electron chi connectivity index (χ2n) is 12.4. The summed E-state index contributed by atoms with van der Waals surface area (Å²) in [4.78, 5) is 68.0. The van der Waals surface area contributed by atoms with Crippen molar-refractivity contribution in [3.05, 3.63) is 22.8 Å². The Morgan fingerprint density at radius 2 is 1.83 bits per heavy atom. The number of carbonyl (C=O) groups excluding carboxylic acids is 5. The molecule has 222 valence electrons. The number of hydrogen-bond acceptors (Lipinski definition) is 10. The Hall–Kier alpha value is -3.15. The fourth-order valence-corrected chi connectivity index (χ4v) is 7.90. The normalized spacial score (nSPS) is 32.0. The zero-order valence-electron chi connectivity index (χ0n) is 23.8. The molecule has 11 nitrogen and oxygen atoms in total. The van der Waals surface area contributed by atoms with E-state index >= 15 is 0 Å². The highest BCUT2D eigenvalue weighted by atomic mass is 16.5. The second kappa shape index (κ2) is 10.9. The molecule has 1 aromatic rings. The number of carbonyl (C=O) groups is 5. The fourth-order valence-electron chi connectivity index (χ4n) is 7.90. The molecule has 0 aliphatic heterocycles. The maximum absolute atomic E-state index is 13.9. The molecule has 6 atom stereocenters. The maximum atomic E-state index is 13.9. The molecule has 0 aromatic heterocycles. The number of likely N-dealkylation sites (N-methyl/N-ethyl adjacent to an activating group) is 1. The van der Waals surface area contributed by atoms with Gasteiger partial charge in [-0.05, 0) is 64.2 Å². The van der Waals surface area contributed by atoms with Gasteiger partial charge >= 0.3 is 0 Å². The minimum Gasteiger partial charge on any atom is -0.507 e. The highest BCUT2D eigenvalue weighted by Gasteiger charge is 2.69. The number of amides is 1. The molecule has 4 aliphatic carbocycles. The fraction of sp³-hybridized carbons (Fsp3) is 0.633. The van der Waals surface area contributed by atoms with E-state index in [1.54, 1.807) is 14.1 Å². The van der Waals surface area contributed by atoms with E-state index in [1.165, 1.54) is 50.2 Å². The van der Waals surface area contributed by atoms with E-state index in [2.05, 4.69) is 5.32 Å². The summed E-state index contributed by atoms with van der Waals surface area (Å²) in [5, 5.41) is 26.1. The Morgan fingerprint density at radius 1 is 1.15 bits per heavy atom. The van der Waals surface area contributed by atoms with E-state index in [-0.39, 0.29) is 24.2 Å². The molecule has 3 fully saturated rings. The van der Waals surface area contributed by atoms with Gasteiger partial charge in [-0.15, -0.1) is 0 Å². The number of nitrogens with one attached hydrogen (secondary N) is 1. The van der Waals surface area contributed by atoms with Crippen LogP contribution in [-0.2, 0) is 32.1 Å². The van der Waals surface area contributed by atoms with Gasteiger partial charge in [-0.1, -0.05) is 19.3 Å². The molecule has 2 unspecified atom stereocenters. The number of nitrogens with two attached hydrogens (primary N) is 1. The van der Waals surface area contributed by atoms with Crippen LogP contribution in [0.15, 0.2) is 6.07 Å². The van der Waals surface area contributed by atoms with Gasteiger partial charge in [0.25, 0.3) is 0 Å². The molecular weight excluding hydrogens is 530 g/mol. The Labute approximate surface area is 238 Å². The number of Topliss-reactive ketones (excluding diaryl/α,β-unsaturated/α-hetero) is 4. The smallest absolute Gasteiger partial charge is 0.235 e. The number of ketones is 4. The molecule has 0 saturated heterocycles. The molecular formula is C30H39N3O8. The van der Waals surface area contributed by atoms with Crippen molar-refractivity contribution in [3.8, 4) is 11.5 Å². The monoisotopic (exact) mass is 569 g/mol. The number of primary amides is 1. The molecule has 0 bridgehead atoms. The number of rotatable bonds is 7. The minimum atomic E-state index is -2.74. The van der Waals surface area contributed by atoms with E-state index in [9.17, 15) is 34.2 Å². The average Bonchev–Trinajstić information content (AvgIpc) is 2.91. The van der Waals surface area contributed by atoms with Crippen LogP contribution in [0.5, 0.6) is 11.5 Å². The molecule has 11 heteroatoms. The number of aliphatic hydroxyl groups is 1. The number of aromatic hydroxyl groups is 1. The highest BCUT2D eigenvalue weighted by molar-refractivity contribution is 6.32. The summed E-state index contributed by atoms with van der Waals surface area (Å²) in [7, 11) is 4.61. The van der Waals surface area contributed by atoms with Crippen molar-refractivity contribution >= 4 is 29.0 Å². The summed E-state index contributed by atoms with van der Waals surface area (Å²) in [6.07, 6.45) is 6.24. The second-order valence-corrected chi connectivity index (χ2v) is 12.4. The molecule has 41 heavy (non-hydrogen) atoms. The van der Waals surface area contributed by atoms with Crippen LogP contribution in [0.2, 0.25) is 0 Å². The molecule has 0 radical (unpaired) electrons. The lowest BCUT2D eigenvalue weighted by Crippen LogP contribution is -2.74. The first-order valence-corrected chi connectivity index (χ1v) is 14.4. The standard InChI is InChI=1S/C30H39N3O8/c1-33(2)23-18-10-15-9-17-21(19(34)11-16(26(17)41-3)13-32-12-14-7-5-4-6-8-14)24(35)20(15)27(37)30(18,40)28(38)22(25(23)36)29(31)39/h11,14-15,18,20,22-23,32,34,40H,4-10,12-13H2,1-3H3,(H2,31,39)/t15-,18-,20?,22?,23-,30-/m0/s1. The van der Waals surface area contributed by atoms with Gasteiger partial charge in [-0.25, -0.2) is 0 Å². The summed E-state index contributed by atoms with van der Waals surface area (Å²) in [6, 6.07) is 0.326. The Balaban J connectivity index is 1.50. The lowest BCUT2D eigenvalue weighted by molar-refractivity contribution is -0.181. The molecule has 1 aromatic carbocycles. The third kappa shape index (κ3) is 4.58. The summed E-state index contributed by atoms with van der Waals surface area (Å²) in [5.74, 6) is -9.57. The number of hydrogen-bond donors (Lipinski definition) is 4. The van der Waals surface area contributed by atoms with Crippen LogP contribution in [0.1, 0.15) is 60.0 Å². The number of phenols is 1. The van der Waals surface area contributed by atoms with Gasteiger partial charge in [0.05, 0.1) is 24.6 Å². The van der Waals surface area contributed by atoms with Gasteiger partial charge in [-0.2, -0.15) is 0 Å². The van der Waals surface area contributed by atoms with E-state index in [0.717, 1.165) is 6.54 Å². The van der Waals surface area contributed by atoms with Gasteiger partial charge in [0, 0.05) is 23.6 Å². The predicted octanol–water partition coefficient (Wildman–Crippen LogP) is 0.546. The lowest BCUT2D eigenvalue weighted by Gasteiger charge is -2.52. The quantitative estimate of drug-likeness (QED) is 0.339. The van der Waals surface area contributed by atoms with Crippen molar-refractivity contribution in [1.82, 2.24) is 10.2 Å². The van der Waals surface area contributed by atoms with Crippen LogP contribution in [-0.4, -0.2) is 83.5 Å². The topological polar surface area (TPSA) is 176 Å². The molecule has 4 aliphatic rings.